The minimum Gasteiger partial charge on any atom is -0.481 e. The van der Waals surface area contributed by atoms with Crippen molar-refractivity contribution in [3.63, 3.8) is 0 Å². The van der Waals surface area contributed by atoms with Crippen LogP contribution in [0.5, 0.6) is 0 Å². The highest BCUT2D eigenvalue weighted by Gasteiger charge is 2.34. The monoisotopic (exact) mass is 292 g/mol. The quantitative estimate of drug-likeness (QED) is 0.759. The van der Waals surface area contributed by atoms with Gasteiger partial charge in [0.15, 0.2) is 0 Å². The van der Waals surface area contributed by atoms with Crippen LogP contribution in [0.3, 0.4) is 0 Å². The second-order valence-electron chi connectivity index (χ2n) is 5.04. The molecule has 0 bridgehead atoms. The Balaban J connectivity index is 1.86. The normalized spacial score (nSPS) is 21.0. The van der Waals surface area contributed by atoms with Crippen molar-refractivity contribution < 1.29 is 19.4 Å². The van der Waals surface area contributed by atoms with Crippen LogP contribution >= 0.6 is 0 Å². The van der Waals surface area contributed by atoms with Gasteiger partial charge >= 0.3 is 12.0 Å². The number of hydrogen-bond donors (Lipinski definition) is 3. The van der Waals surface area contributed by atoms with Gasteiger partial charge in [0.25, 0.3) is 0 Å². The highest BCUT2D eigenvalue weighted by molar-refractivity contribution is 5.77. The standard InChI is InChI=1S/C15H20N2O4/c1-2-10-5-3-4-6-11(10)7-16-15(20)17-13-9-21-8-12(13)14(18)19/h3-6,12-13H,2,7-9H2,1H3,(H,18,19)(H2,16,17,20). The molecule has 1 saturated heterocycles. The van der Waals surface area contributed by atoms with Crippen LogP contribution in [0.25, 0.3) is 0 Å². The topological polar surface area (TPSA) is 87.7 Å². The van der Waals surface area contributed by atoms with E-state index in [4.69, 9.17) is 9.84 Å². The molecule has 0 aliphatic carbocycles. The molecule has 1 aromatic carbocycles. The summed E-state index contributed by atoms with van der Waals surface area (Å²) in [4.78, 5) is 22.9. The summed E-state index contributed by atoms with van der Waals surface area (Å²) < 4.78 is 5.11. The summed E-state index contributed by atoms with van der Waals surface area (Å²) in [5, 5.41) is 14.4. The van der Waals surface area contributed by atoms with Gasteiger partial charge in [-0.2, -0.15) is 0 Å². The summed E-state index contributed by atoms with van der Waals surface area (Å²) in [6.45, 7) is 2.85. The van der Waals surface area contributed by atoms with Crippen molar-refractivity contribution in [3.05, 3.63) is 35.4 Å². The number of carboxylic acids is 1. The SMILES string of the molecule is CCc1ccccc1CNC(=O)NC1COCC1C(=O)O. The molecule has 1 aliphatic heterocycles. The van der Waals surface area contributed by atoms with Gasteiger partial charge in [-0.3, -0.25) is 4.79 Å². The maximum Gasteiger partial charge on any atom is 0.315 e. The van der Waals surface area contributed by atoms with E-state index in [9.17, 15) is 9.59 Å². The fraction of sp³-hybridized carbons (Fsp3) is 0.467. The van der Waals surface area contributed by atoms with Crippen molar-refractivity contribution in [1.29, 1.82) is 0 Å². The third kappa shape index (κ3) is 3.95. The molecule has 6 nitrogen and oxygen atoms in total. The lowest BCUT2D eigenvalue weighted by Gasteiger charge is -2.16. The number of ether oxygens (including phenoxy) is 1. The van der Waals surface area contributed by atoms with Crippen molar-refractivity contribution in [2.75, 3.05) is 13.2 Å². The maximum absolute atomic E-state index is 11.9. The molecular formula is C15H20N2O4. The predicted molar refractivity (Wildman–Crippen MR) is 76.9 cm³/mol. The van der Waals surface area contributed by atoms with Gasteiger partial charge in [0.05, 0.1) is 19.3 Å². The second kappa shape index (κ2) is 7.08. The second-order valence-corrected chi connectivity index (χ2v) is 5.04. The molecule has 0 spiro atoms. The lowest BCUT2D eigenvalue weighted by molar-refractivity contribution is -0.142. The van der Waals surface area contributed by atoms with E-state index in [0.717, 1.165) is 12.0 Å². The number of benzene rings is 1. The minimum atomic E-state index is -0.950. The third-order valence-electron chi connectivity index (χ3n) is 3.65. The Morgan fingerprint density at radius 3 is 2.67 bits per heavy atom. The van der Waals surface area contributed by atoms with Gasteiger partial charge in [-0.25, -0.2) is 4.79 Å². The van der Waals surface area contributed by atoms with Crippen LogP contribution in [-0.2, 0) is 22.5 Å². The van der Waals surface area contributed by atoms with Crippen molar-refractivity contribution in [3.8, 4) is 0 Å². The number of amides is 2. The molecule has 1 aliphatic rings. The smallest absolute Gasteiger partial charge is 0.315 e. The van der Waals surface area contributed by atoms with Gasteiger partial charge in [-0.15, -0.1) is 0 Å². The molecule has 114 valence electrons. The van der Waals surface area contributed by atoms with Crippen molar-refractivity contribution in [2.45, 2.75) is 25.9 Å². The molecule has 2 amide bonds. The number of hydrogen-bond acceptors (Lipinski definition) is 3. The molecular weight excluding hydrogens is 272 g/mol. The Labute approximate surface area is 123 Å². The number of aliphatic carboxylic acids is 1. The molecule has 6 heteroatoms. The van der Waals surface area contributed by atoms with E-state index < -0.39 is 17.9 Å². The van der Waals surface area contributed by atoms with Gasteiger partial charge in [0.1, 0.15) is 5.92 Å². The van der Waals surface area contributed by atoms with E-state index >= 15 is 0 Å². The Bertz CT molecular complexity index is 518. The first kappa shape index (κ1) is 15.3. The van der Waals surface area contributed by atoms with Crippen LogP contribution in [0.1, 0.15) is 18.1 Å². The molecule has 0 radical (unpaired) electrons. The van der Waals surface area contributed by atoms with Crippen molar-refractivity contribution in [1.82, 2.24) is 10.6 Å². The Morgan fingerprint density at radius 2 is 2.00 bits per heavy atom. The van der Waals surface area contributed by atoms with Crippen LogP contribution in [0.2, 0.25) is 0 Å². The molecule has 1 aromatic rings. The zero-order valence-corrected chi connectivity index (χ0v) is 12.0. The van der Waals surface area contributed by atoms with Crippen LogP contribution in [0.4, 0.5) is 4.79 Å². The van der Waals surface area contributed by atoms with Crippen molar-refractivity contribution in [2.24, 2.45) is 5.92 Å². The maximum atomic E-state index is 11.9. The Morgan fingerprint density at radius 1 is 1.29 bits per heavy atom. The number of rotatable bonds is 5. The van der Waals surface area contributed by atoms with E-state index in [1.165, 1.54) is 5.56 Å². The highest BCUT2D eigenvalue weighted by Crippen LogP contribution is 2.14. The average Bonchev–Trinajstić information content (AvgIpc) is 2.93. The van der Waals surface area contributed by atoms with Crippen LogP contribution in [-0.4, -0.2) is 36.4 Å². The summed E-state index contributed by atoms with van der Waals surface area (Å²) in [5.41, 5.74) is 2.25. The van der Waals surface area contributed by atoms with E-state index in [0.29, 0.717) is 6.54 Å². The first-order valence-electron chi connectivity index (χ1n) is 7.03. The fourth-order valence-electron chi connectivity index (χ4n) is 2.41. The number of carbonyl (C=O) groups is 2. The fourth-order valence-corrected chi connectivity index (χ4v) is 2.41. The van der Waals surface area contributed by atoms with Gasteiger partial charge in [0.2, 0.25) is 0 Å². The van der Waals surface area contributed by atoms with Crippen LogP contribution < -0.4 is 10.6 Å². The first-order chi connectivity index (χ1) is 10.1. The van der Waals surface area contributed by atoms with E-state index in [1.54, 1.807) is 0 Å². The minimum absolute atomic E-state index is 0.138. The molecule has 0 saturated carbocycles. The molecule has 1 fully saturated rings. The van der Waals surface area contributed by atoms with Gasteiger partial charge in [-0.1, -0.05) is 31.2 Å². The number of urea groups is 1. The predicted octanol–water partition coefficient (Wildman–Crippen LogP) is 1.15. The summed E-state index contributed by atoms with van der Waals surface area (Å²) in [6.07, 6.45) is 0.900. The van der Waals surface area contributed by atoms with E-state index in [-0.39, 0.29) is 19.2 Å². The summed E-state index contributed by atoms with van der Waals surface area (Å²) in [6, 6.07) is 7.04. The van der Waals surface area contributed by atoms with Gasteiger partial charge in [0, 0.05) is 6.54 Å². The number of nitrogens with one attached hydrogen (secondary N) is 2. The lowest BCUT2D eigenvalue weighted by Crippen LogP contribution is -2.47. The van der Waals surface area contributed by atoms with Gasteiger partial charge in [-0.05, 0) is 17.5 Å². The zero-order valence-electron chi connectivity index (χ0n) is 12.0. The van der Waals surface area contributed by atoms with Crippen LogP contribution in [0, 0.1) is 5.92 Å². The van der Waals surface area contributed by atoms with Crippen LogP contribution in [0.15, 0.2) is 24.3 Å². The first-order valence-corrected chi connectivity index (χ1v) is 7.03. The van der Waals surface area contributed by atoms with E-state index in [2.05, 4.69) is 17.6 Å². The zero-order chi connectivity index (χ0) is 15.2. The summed E-state index contributed by atoms with van der Waals surface area (Å²) >= 11 is 0. The molecule has 1 heterocycles. The lowest BCUT2D eigenvalue weighted by atomic mass is 10.0. The Hall–Kier alpha value is -2.08. The number of aryl methyl sites for hydroxylation is 1. The largest absolute Gasteiger partial charge is 0.481 e. The summed E-state index contributed by atoms with van der Waals surface area (Å²) in [5.74, 6) is -1.63. The summed E-state index contributed by atoms with van der Waals surface area (Å²) in [7, 11) is 0. The van der Waals surface area contributed by atoms with Crippen molar-refractivity contribution >= 4 is 12.0 Å². The molecule has 2 atom stereocenters. The average molecular weight is 292 g/mol. The van der Waals surface area contributed by atoms with E-state index in [1.807, 2.05) is 24.3 Å². The molecule has 3 N–H and O–H groups in total. The number of carbonyl (C=O) groups excluding carboxylic acids is 1. The highest BCUT2D eigenvalue weighted by atomic mass is 16.5. The number of carboxylic acid groups (broad SMARTS) is 1. The molecule has 2 unspecified atom stereocenters. The van der Waals surface area contributed by atoms with Gasteiger partial charge < -0.3 is 20.5 Å². The third-order valence-corrected chi connectivity index (χ3v) is 3.65. The Kier molecular flexibility index (Phi) is 5.16. The molecule has 2 rings (SSSR count). The molecule has 21 heavy (non-hydrogen) atoms. The molecule has 0 aromatic heterocycles.